The Labute approximate surface area is 167 Å². The molecule has 0 unspecified atom stereocenters. The van der Waals surface area contributed by atoms with Gasteiger partial charge in [0.25, 0.3) is 0 Å². The Hall–Kier alpha value is -2.82. The van der Waals surface area contributed by atoms with Crippen LogP contribution in [0.15, 0.2) is 54.6 Å². The summed E-state index contributed by atoms with van der Waals surface area (Å²) >= 11 is 0. The van der Waals surface area contributed by atoms with Crippen LogP contribution >= 0.6 is 0 Å². The van der Waals surface area contributed by atoms with Crippen LogP contribution in [0.2, 0.25) is 0 Å². The quantitative estimate of drug-likeness (QED) is 0.683. The minimum absolute atomic E-state index is 0.0625. The van der Waals surface area contributed by atoms with Gasteiger partial charge in [0.2, 0.25) is 11.8 Å². The Bertz CT molecular complexity index is 744. The summed E-state index contributed by atoms with van der Waals surface area (Å²) in [5, 5.41) is 2.93. The van der Waals surface area contributed by atoms with Crippen LogP contribution in [0.4, 0.5) is 0 Å². The third kappa shape index (κ3) is 6.12. The molecule has 0 aliphatic heterocycles. The first-order valence-electron chi connectivity index (χ1n) is 9.83. The zero-order valence-corrected chi connectivity index (χ0v) is 17.0. The third-order valence-electron chi connectivity index (χ3n) is 4.65. The highest BCUT2D eigenvalue weighted by Crippen LogP contribution is 2.16. The molecule has 150 valence electrons. The zero-order chi connectivity index (χ0) is 20.4. The molecule has 1 atom stereocenters. The second kappa shape index (κ2) is 11.1. The molecular formula is C23H30N2O3. The average molecular weight is 383 g/mol. The molecule has 0 fully saturated rings. The van der Waals surface area contributed by atoms with Crippen LogP contribution < -0.4 is 10.1 Å². The fraction of sp³-hybridized carbons (Fsp3) is 0.391. The summed E-state index contributed by atoms with van der Waals surface area (Å²) in [6.45, 7) is 4.97. The Kier molecular flexibility index (Phi) is 8.53. The minimum atomic E-state index is -0.488. The summed E-state index contributed by atoms with van der Waals surface area (Å²) in [7, 11) is 1.61. The van der Waals surface area contributed by atoms with Crippen molar-refractivity contribution in [3.8, 4) is 5.75 Å². The van der Waals surface area contributed by atoms with Crippen LogP contribution in [0.5, 0.6) is 5.75 Å². The first-order valence-corrected chi connectivity index (χ1v) is 9.83. The number of benzene rings is 2. The Morgan fingerprint density at radius 2 is 1.68 bits per heavy atom. The van der Waals surface area contributed by atoms with E-state index in [1.54, 1.807) is 12.0 Å². The van der Waals surface area contributed by atoms with E-state index in [4.69, 9.17) is 4.74 Å². The Morgan fingerprint density at radius 1 is 1.00 bits per heavy atom. The van der Waals surface area contributed by atoms with Gasteiger partial charge in [0.05, 0.1) is 13.5 Å². The smallest absolute Gasteiger partial charge is 0.242 e. The van der Waals surface area contributed by atoms with Gasteiger partial charge < -0.3 is 15.0 Å². The van der Waals surface area contributed by atoms with Crippen molar-refractivity contribution in [1.82, 2.24) is 10.2 Å². The molecule has 2 rings (SSSR count). The highest BCUT2D eigenvalue weighted by Gasteiger charge is 2.28. The maximum absolute atomic E-state index is 13.2. The van der Waals surface area contributed by atoms with Crippen molar-refractivity contribution in [3.05, 3.63) is 65.7 Å². The van der Waals surface area contributed by atoms with E-state index < -0.39 is 6.04 Å². The molecule has 0 spiro atoms. The minimum Gasteiger partial charge on any atom is -0.497 e. The van der Waals surface area contributed by atoms with E-state index in [0.717, 1.165) is 23.3 Å². The van der Waals surface area contributed by atoms with Gasteiger partial charge >= 0.3 is 0 Å². The summed E-state index contributed by atoms with van der Waals surface area (Å²) in [5.41, 5.74) is 1.90. The standard InChI is InChI=1S/C23H30N2O3/c1-4-15-24-23(27)21(5-2)25(17-19-9-7-6-8-10-19)22(26)16-18-11-13-20(28-3)14-12-18/h6-14,21H,4-5,15-17H2,1-3H3,(H,24,27)/t21-/m1/s1. The first kappa shape index (κ1) is 21.5. The number of nitrogens with zero attached hydrogens (tertiary/aromatic N) is 1. The maximum Gasteiger partial charge on any atom is 0.242 e. The molecule has 5 heteroatoms. The van der Waals surface area contributed by atoms with Gasteiger partial charge in [0, 0.05) is 13.1 Å². The van der Waals surface area contributed by atoms with Crippen LogP contribution in [-0.4, -0.2) is 36.4 Å². The van der Waals surface area contributed by atoms with Crippen LogP contribution in [0, 0.1) is 0 Å². The van der Waals surface area contributed by atoms with E-state index in [2.05, 4.69) is 5.32 Å². The van der Waals surface area contributed by atoms with Gasteiger partial charge in [-0.15, -0.1) is 0 Å². The number of hydrogen-bond acceptors (Lipinski definition) is 3. The van der Waals surface area contributed by atoms with E-state index in [1.165, 1.54) is 0 Å². The molecule has 2 aromatic rings. The SMILES string of the molecule is CCCNC(=O)[C@@H](CC)N(Cc1ccccc1)C(=O)Cc1ccc(OC)cc1. The normalized spacial score (nSPS) is 11.5. The predicted molar refractivity (Wildman–Crippen MR) is 111 cm³/mol. The van der Waals surface area contributed by atoms with Gasteiger partial charge in [0.15, 0.2) is 0 Å². The molecule has 2 aromatic carbocycles. The van der Waals surface area contributed by atoms with Gasteiger partial charge in [-0.3, -0.25) is 9.59 Å². The second-order valence-electron chi connectivity index (χ2n) is 6.75. The molecule has 5 nitrogen and oxygen atoms in total. The van der Waals surface area contributed by atoms with Crippen LogP contribution in [0.1, 0.15) is 37.8 Å². The zero-order valence-electron chi connectivity index (χ0n) is 17.0. The number of methoxy groups -OCH3 is 1. The summed E-state index contributed by atoms with van der Waals surface area (Å²) in [6, 6.07) is 16.7. The third-order valence-corrected chi connectivity index (χ3v) is 4.65. The molecule has 0 aliphatic rings. The lowest BCUT2D eigenvalue weighted by atomic mass is 10.1. The van der Waals surface area contributed by atoms with Crippen molar-refractivity contribution in [2.24, 2.45) is 0 Å². The molecule has 0 heterocycles. The van der Waals surface area contributed by atoms with Gasteiger partial charge in [0.1, 0.15) is 11.8 Å². The van der Waals surface area contributed by atoms with E-state index >= 15 is 0 Å². The largest absolute Gasteiger partial charge is 0.497 e. The molecule has 0 aromatic heterocycles. The molecule has 2 amide bonds. The summed E-state index contributed by atoms with van der Waals surface area (Å²) in [6.07, 6.45) is 1.67. The van der Waals surface area contributed by atoms with Gasteiger partial charge in [-0.05, 0) is 36.1 Å². The Balaban J connectivity index is 2.21. The summed E-state index contributed by atoms with van der Waals surface area (Å²) < 4.78 is 5.18. The lowest BCUT2D eigenvalue weighted by molar-refractivity contribution is -0.140. The summed E-state index contributed by atoms with van der Waals surface area (Å²) in [4.78, 5) is 27.5. The molecule has 0 saturated heterocycles. The van der Waals surface area contributed by atoms with Crippen molar-refractivity contribution >= 4 is 11.8 Å². The highest BCUT2D eigenvalue weighted by molar-refractivity contribution is 5.88. The van der Waals surface area contributed by atoms with Crippen molar-refractivity contribution in [3.63, 3.8) is 0 Å². The predicted octanol–water partition coefficient (Wildman–Crippen LogP) is 3.57. The second-order valence-corrected chi connectivity index (χ2v) is 6.75. The molecule has 0 radical (unpaired) electrons. The molecule has 0 saturated carbocycles. The van der Waals surface area contributed by atoms with E-state index in [0.29, 0.717) is 19.5 Å². The molecule has 0 bridgehead atoms. The van der Waals surface area contributed by atoms with Crippen LogP contribution in [-0.2, 0) is 22.6 Å². The van der Waals surface area contributed by atoms with E-state index in [1.807, 2.05) is 68.4 Å². The Morgan fingerprint density at radius 3 is 2.25 bits per heavy atom. The molecule has 1 N–H and O–H groups in total. The fourth-order valence-corrected chi connectivity index (χ4v) is 3.09. The average Bonchev–Trinajstić information content (AvgIpc) is 2.73. The first-order chi connectivity index (χ1) is 13.6. The number of carbonyl (C=O) groups excluding carboxylic acids is 2. The molecular weight excluding hydrogens is 352 g/mol. The van der Waals surface area contributed by atoms with Crippen LogP contribution in [0.25, 0.3) is 0 Å². The number of hydrogen-bond donors (Lipinski definition) is 1. The fourth-order valence-electron chi connectivity index (χ4n) is 3.09. The van der Waals surface area contributed by atoms with Crippen LogP contribution in [0.3, 0.4) is 0 Å². The van der Waals surface area contributed by atoms with Crippen molar-refractivity contribution in [1.29, 1.82) is 0 Å². The number of nitrogens with one attached hydrogen (secondary N) is 1. The lowest BCUT2D eigenvalue weighted by Gasteiger charge is -2.30. The van der Waals surface area contributed by atoms with Gasteiger partial charge in [-0.1, -0.05) is 56.3 Å². The monoisotopic (exact) mass is 382 g/mol. The lowest BCUT2D eigenvalue weighted by Crippen LogP contribution is -2.49. The van der Waals surface area contributed by atoms with Gasteiger partial charge in [-0.2, -0.15) is 0 Å². The maximum atomic E-state index is 13.2. The van der Waals surface area contributed by atoms with Crippen molar-refractivity contribution < 1.29 is 14.3 Å². The topological polar surface area (TPSA) is 58.6 Å². The number of ether oxygens (including phenoxy) is 1. The van der Waals surface area contributed by atoms with E-state index in [-0.39, 0.29) is 18.2 Å². The number of rotatable bonds is 10. The van der Waals surface area contributed by atoms with E-state index in [9.17, 15) is 9.59 Å². The summed E-state index contributed by atoms with van der Waals surface area (Å²) in [5.74, 6) is 0.596. The molecule has 28 heavy (non-hydrogen) atoms. The molecule has 0 aliphatic carbocycles. The number of carbonyl (C=O) groups is 2. The number of amides is 2. The highest BCUT2D eigenvalue weighted by atomic mass is 16.5. The van der Waals surface area contributed by atoms with Crippen molar-refractivity contribution in [2.75, 3.05) is 13.7 Å². The van der Waals surface area contributed by atoms with Gasteiger partial charge in [-0.25, -0.2) is 0 Å². The van der Waals surface area contributed by atoms with Crippen molar-refractivity contribution in [2.45, 2.75) is 45.7 Å².